The molecule has 0 aromatic rings. The van der Waals surface area contributed by atoms with E-state index in [9.17, 15) is 4.21 Å². The average molecular weight is 281 g/mol. The summed E-state index contributed by atoms with van der Waals surface area (Å²) in [5, 5.41) is 0. The fourth-order valence-corrected chi connectivity index (χ4v) is 7.89. The van der Waals surface area contributed by atoms with E-state index in [0.29, 0.717) is 0 Å². The topological polar surface area (TPSA) is 20.3 Å². The van der Waals surface area contributed by atoms with Gasteiger partial charge < -0.3 is 0 Å². The van der Waals surface area contributed by atoms with Crippen LogP contribution >= 0.6 is 0 Å². The van der Waals surface area contributed by atoms with Crippen molar-refractivity contribution in [3.8, 4) is 0 Å². The van der Waals surface area contributed by atoms with Crippen molar-refractivity contribution in [2.24, 2.45) is 23.7 Å². The summed E-state index contributed by atoms with van der Waals surface area (Å²) in [5.74, 6) is 3.58. The summed E-state index contributed by atoms with van der Waals surface area (Å²) < 4.78 is 15.7. The van der Waals surface area contributed by atoms with Crippen LogP contribution in [0.5, 0.6) is 0 Å². The maximum atomic E-state index is 13.2. The van der Waals surface area contributed by atoms with Crippen molar-refractivity contribution in [1.82, 2.24) is 4.31 Å². The largest absolute Gasteiger partial charge is 0.242 e. The lowest BCUT2D eigenvalue weighted by Crippen LogP contribution is -2.56. The zero-order valence-electron chi connectivity index (χ0n) is 12.1. The second kappa shape index (κ2) is 4.56. The van der Waals surface area contributed by atoms with Gasteiger partial charge in [0.05, 0.1) is 4.75 Å². The third-order valence-electron chi connectivity index (χ3n) is 6.33. The van der Waals surface area contributed by atoms with Crippen LogP contribution < -0.4 is 0 Å². The van der Waals surface area contributed by atoms with Crippen LogP contribution in [0.4, 0.5) is 0 Å². The standard InChI is InChI=1S/C16H27NOS/c1-12-2-4-17(5-3-12)19(18)16-9-13-6-14(10-16)8-15(7-13)11-16/h12-15H,2-11H2,1H3/t13?,14?,15?,16?,19-/m1/s1. The molecule has 4 bridgehead atoms. The fraction of sp³-hybridized carbons (Fsp3) is 1.00. The maximum Gasteiger partial charge on any atom is 0.101 e. The van der Waals surface area contributed by atoms with Crippen LogP contribution in [0.25, 0.3) is 0 Å². The molecule has 1 aliphatic heterocycles. The Kier molecular flexibility index (Phi) is 3.07. The first-order valence-electron chi connectivity index (χ1n) is 8.31. The summed E-state index contributed by atoms with van der Waals surface area (Å²) in [6, 6.07) is 0. The van der Waals surface area contributed by atoms with Crippen molar-refractivity contribution < 1.29 is 4.21 Å². The highest BCUT2D eigenvalue weighted by atomic mass is 32.2. The minimum atomic E-state index is -0.693. The molecule has 4 aliphatic carbocycles. The molecular weight excluding hydrogens is 254 g/mol. The third-order valence-corrected chi connectivity index (χ3v) is 8.40. The van der Waals surface area contributed by atoms with E-state index >= 15 is 0 Å². The van der Waals surface area contributed by atoms with Gasteiger partial charge in [-0.1, -0.05) is 6.92 Å². The van der Waals surface area contributed by atoms with Crippen molar-refractivity contribution in [1.29, 1.82) is 0 Å². The third kappa shape index (κ3) is 2.12. The summed E-state index contributed by atoms with van der Waals surface area (Å²) in [6.45, 7) is 4.50. The van der Waals surface area contributed by atoms with E-state index < -0.39 is 11.0 Å². The van der Waals surface area contributed by atoms with Gasteiger partial charge in [0, 0.05) is 13.1 Å². The first-order chi connectivity index (χ1) is 9.14. The van der Waals surface area contributed by atoms with E-state index in [1.54, 1.807) is 0 Å². The first-order valence-corrected chi connectivity index (χ1v) is 9.42. The lowest BCUT2D eigenvalue weighted by Gasteiger charge is -2.57. The number of piperidine rings is 1. The predicted octanol–water partition coefficient (Wildman–Crippen LogP) is 3.35. The van der Waals surface area contributed by atoms with E-state index in [4.69, 9.17) is 0 Å². The van der Waals surface area contributed by atoms with Crippen molar-refractivity contribution in [2.75, 3.05) is 13.1 Å². The normalized spacial score (nSPS) is 48.6. The lowest BCUT2D eigenvalue weighted by atomic mass is 9.56. The molecule has 1 saturated heterocycles. The second-order valence-corrected chi connectivity index (χ2v) is 9.84. The fourth-order valence-electron chi connectivity index (χ4n) is 5.67. The molecule has 0 aromatic carbocycles. The zero-order valence-corrected chi connectivity index (χ0v) is 13.0. The van der Waals surface area contributed by atoms with Gasteiger partial charge in [0.25, 0.3) is 0 Å². The van der Waals surface area contributed by atoms with Crippen LogP contribution in [0.1, 0.15) is 58.3 Å². The van der Waals surface area contributed by atoms with Crippen LogP contribution in [-0.2, 0) is 11.0 Å². The monoisotopic (exact) mass is 281 g/mol. The van der Waals surface area contributed by atoms with Crippen LogP contribution in [0.15, 0.2) is 0 Å². The number of hydrogen-bond acceptors (Lipinski definition) is 1. The zero-order chi connectivity index (χ0) is 13.0. The SMILES string of the molecule is CC1CCN([S@](=O)C23CC4CC(CC(C4)C2)C3)CC1. The van der Waals surface area contributed by atoms with Gasteiger partial charge in [0.15, 0.2) is 0 Å². The molecule has 19 heavy (non-hydrogen) atoms. The molecule has 5 fully saturated rings. The molecule has 0 radical (unpaired) electrons. The van der Waals surface area contributed by atoms with Gasteiger partial charge in [0.2, 0.25) is 0 Å². The summed E-state index contributed by atoms with van der Waals surface area (Å²) >= 11 is 0. The Labute approximate surface area is 119 Å². The van der Waals surface area contributed by atoms with Gasteiger partial charge in [-0.3, -0.25) is 0 Å². The highest BCUT2D eigenvalue weighted by Gasteiger charge is 2.55. The molecule has 5 rings (SSSR count). The van der Waals surface area contributed by atoms with Gasteiger partial charge in [-0.25, -0.2) is 8.51 Å². The molecule has 0 N–H and O–H groups in total. The Morgan fingerprint density at radius 3 is 1.89 bits per heavy atom. The molecule has 5 aliphatic rings. The van der Waals surface area contributed by atoms with Crippen LogP contribution in [-0.4, -0.2) is 26.4 Å². The summed E-state index contributed by atoms with van der Waals surface area (Å²) in [7, 11) is -0.693. The number of rotatable bonds is 2. The molecular formula is C16H27NOS. The molecule has 0 unspecified atom stereocenters. The van der Waals surface area contributed by atoms with E-state index in [-0.39, 0.29) is 4.75 Å². The first kappa shape index (κ1) is 12.8. The van der Waals surface area contributed by atoms with E-state index in [1.165, 1.54) is 51.4 Å². The van der Waals surface area contributed by atoms with Gasteiger partial charge >= 0.3 is 0 Å². The number of nitrogens with zero attached hydrogens (tertiary/aromatic N) is 1. The van der Waals surface area contributed by atoms with E-state index in [1.807, 2.05) is 0 Å². The summed E-state index contributed by atoms with van der Waals surface area (Å²) in [5.41, 5.74) is 0. The molecule has 108 valence electrons. The van der Waals surface area contributed by atoms with E-state index in [2.05, 4.69) is 11.2 Å². The Bertz CT molecular complexity index is 351. The highest BCUT2D eigenvalue weighted by molar-refractivity contribution is 7.84. The quantitative estimate of drug-likeness (QED) is 0.760. The van der Waals surface area contributed by atoms with Gasteiger partial charge in [-0.05, 0) is 75.0 Å². The lowest BCUT2D eigenvalue weighted by molar-refractivity contribution is 0.0336. The van der Waals surface area contributed by atoms with Crippen molar-refractivity contribution in [3.63, 3.8) is 0 Å². The minimum absolute atomic E-state index is 0.204. The van der Waals surface area contributed by atoms with Crippen molar-refractivity contribution in [3.05, 3.63) is 0 Å². The molecule has 1 atom stereocenters. The van der Waals surface area contributed by atoms with Gasteiger partial charge in [0.1, 0.15) is 11.0 Å². The van der Waals surface area contributed by atoms with Crippen LogP contribution in [0.3, 0.4) is 0 Å². The van der Waals surface area contributed by atoms with Crippen molar-refractivity contribution in [2.45, 2.75) is 63.0 Å². The Balaban J connectivity index is 1.53. The van der Waals surface area contributed by atoms with E-state index in [0.717, 1.165) is 36.8 Å². The van der Waals surface area contributed by atoms with Gasteiger partial charge in [-0.15, -0.1) is 0 Å². The Morgan fingerprint density at radius 1 is 0.947 bits per heavy atom. The summed E-state index contributed by atoms with van der Waals surface area (Å²) in [6.07, 6.45) is 10.7. The predicted molar refractivity (Wildman–Crippen MR) is 79.0 cm³/mol. The molecule has 0 amide bonds. The minimum Gasteiger partial charge on any atom is -0.242 e. The summed E-state index contributed by atoms with van der Waals surface area (Å²) in [4.78, 5) is 0. The van der Waals surface area contributed by atoms with Crippen molar-refractivity contribution >= 4 is 11.0 Å². The van der Waals surface area contributed by atoms with Gasteiger partial charge in [-0.2, -0.15) is 0 Å². The Morgan fingerprint density at radius 2 is 1.42 bits per heavy atom. The molecule has 0 spiro atoms. The Hall–Kier alpha value is 0.110. The molecule has 0 aromatic heterocycles. The number of hydrogen-bond donors (Lipinski definition) is 0. The van der Waals surface area contributed by atoms with Crippen LogP contribution in [0, 0.1) is 23.7 Å². The molecule has 2 nitrogen and oxygen atoms in total. The van der Waals surface area contributed by atoms with Crippen LogP contribution in [0.2, 0.25) is 0 Å². The second-order valence-electron chi connectivity index (χ2n) is 7.96. The molecule has 4 saturated carbocycles. The average Bonchev–Trinajstić information content (AvgIpc) is 2.37. The molecule has 3 heteroatoms. The highest BCUT2D eigenvalue weighted by Crippen LogP contribution is 2.58. The smallest absolute Gasteiger partial charge is 0.101 e. The molecule has 1 heterocycles. The maximum absolute atomic E-state index is 13.2.